The molecule has 0 amide bonds. The van der Waals surface area contributed by atoms with Gasteiger partial charge in [0.15, 0.2) is 0 Å². The fourth-order valence-electron chi connectivity index (χ4n) is 2.61. The second-order valence-electron chi connectivity index (χ2n) is 4.77. The van der Waals surface area contributed by atoms with E-state index in [9.17, 15) is 14.6 Å². The van der Waals surface area contributed by atoms with Gasteiger partial charge in [0.2, 0.25) is 0 Å². The molecule has 2 atom stereocenters. The average molecular weight is 371 g/mol. The van der Waals surface area contributed by atoms with E-state index in [0.717, 1.165) is 13.4 Å². The van der Waals surface area contributed by atoms with Gasteiger partial charge in [0.1, 0.15) is 6.26 Å². The average Bonchev–Trinajstić information content (AvgIpc) is 3.21. The van der Waals surface area contributed by atoms with E-state index in [1.165, 1.54) is 11.3 Å². The van der Waals surface area contributed by atoms with Crippen molar-refractivity contribution in [3.8, 4) is 6.07 Å². The van der Waals surface area contributed by atoms with Crippen LogP contribution in [-0.2, 0) is 27.9 Å². The molecule has 0 aliphatic carbocycles. The molecule has 9 heteroatoms. The molecule has 2 rings (SSSR count). The molecule has 1 aliphatic rings. The van der Waals surface area contributed by atoms with Gasteiger partial charge in [0.25, 0.3) is 0 Å². The summed E-state index contributed by atoms with van der Waals surface area (Å²) in [7, 11) is -2.95. The Balaban J connectivity index is 2.70. The number of hydrogen-bond acceptors (Lipinski definition) is 8. The number of methoxy groups -OCH3 is 1. The maximum absolute atomic E-state index is 13.5. The topological polar surface area (TPSA) is 94.8 Å². The maximum Gasteiger partial charge on any atom is 0.386 e. The van der Waals surface area contributed by atoms with E-state index in [1.54, 1.807) is 31.4 Å². The van der Waals surface area contributed by atoms with Crippen molar-refractivity contribution in [2.75, 3.05) is 20.3 Å². The smallest absolute Gasteiger partial charge is 0.386 e. The summed E-state index contributed by atoms with van der Waals surface area (Å²) in [5, 5.41) is 9.14. The first-order chi connectivity index (χ1) is 11.5. The molecule has 1 aliphatic heterocycles. The van der Waals surface area contributed by atoms with E-state index in [-0.39, 0.29) is 18.8 Å². The van der Waals surface area contributed by atoms with Gasteiger partial charge in [0.05, 0.1) is 37.9 Å². The Labute approximate surface area is 144 Å². The Morgan fingerprint density at radius 3 is 2.58 bits per heavy atom. The van der Waals surface area contributed by atoms with Crippen LogP contribution in [0.3, 0.4) is 0 Å². The summed E-state index contributed by atoms with van der Waals surface area (Å²) in [5.74, 6) is -1.84. The van der Waals surface area contributed by atoms with Gasteiger partial charge in [-0.25, -0.2) is 4.79 Å². The number of carbonyl (C=O) groups excluding carboxylic acids is 1. The van der Waals surface area contributed by atoms with E-state index in [0.29, 0.717) is 4.88 Å². The van der Waals surface area contributed by atoms with Crippen molar-refractivity contribution in [2.45, 2.75) is 25.1 Å². The third-order valence-corrected chi connectivity index (χ3v) is 7.00. The normalized spacial score (nSPS) is 23.2. The van der Waals surface area contributed by atoms with Crippen LogP contribution in [0.2, 0.25) is 0 Å². The lowest BCUT2D eigenvalue weighted by molar-refractivity contribution is -0.155. The molecule has 0 spiro atoms. The maximum atomic E-state index is 13.5. The first-order valence-corrected chi connectivity index (χ1v) is 9.72. The lowest BCUT2D eigenvalue weighted by atomic mass is 9.94. The van der Waals surface area contributed by atoms with E-state index in [1.807, 2.05) is 6.07 Å². The number of thiophene rings is 1. The third-order valence-electron chi connectivity index (χ3n) is 3.51. The Bertz CT molecular complexity index is 700. The SMILES string of the molecule is CCOP(=O)(OCC)C1(C(=O)OC)OC=C(C#N)C1c1cccs1. The summed E-state index contributed by atoms with van der Waals surface area (Å²) in [6.45, 7) is 3.34. The second-order valence-corrected chi connectivity index (χ2v) is 7.93. The Hall–Kier alpha value is -1.65. The number of ether oxygens (including phenoxy) is 2. The zero-order chi connectivity index (χ0) is 17.8. The minimum Gasteiger partial charge on any atom is -0.469 e. The lowest BCUT2D eigenvalue weighted by Crippen LogP contribution is -2.45. The summed E-state index contributed by atoms with van der Waals surface area (Å²) < 4.78 is 34.6. The van der Waals surface area contributed by atoms with Gasteiger partial charge in [-0.2, -0.15) is 5.26 Å². The molecule has 1 aromatic rings. The van der Waals surface area contributed by atoms with Gasteiger partial charge in [-0.05, 0) is 25.3 Å². The summed E-state index contributed by atoms with van der Waals surface area (Å²) >= 11 is 1.31. The number of carbonyl (C=O) groups is 1. The Morgan fingerprint density at radius 2 is 2.12 bits per heavy atom. The predicted octanol–water partition coefficient (Wildman–Crippen LogP) is 3.40. The van der Waals surface area contributed by atoms with Crippen molar-refractivity contribution in [2.24, 2.45) is 0 Å². The summed E-state index contributed by atoms with van der Waals surface area (Å²) in [4.78, 5) is 13.3. The fourth-order valence-corrected chi connectivity index (χ4v) is 5.83. The minimum absolute atomic E-state index is 0.0401. The van der Waals surface area contributed by atoms with Crippen molar-refractivity contribution in [3.05, 3.63) is 34.2 Å². The summed E-state index contributed by atoms with van der Waals surface area (Å²) in [6.07, 6.45) is 1.13. The molecule has 0 saturated carbocycles. The van der Waals surface area contributed by atoms with Crippen LogP contribution >= 0.6 is 18.9 Å². The molecule has 2 heterocycles. The number of esters is 1. The monoisotopic (exact) mass is 371 g/mol. The largest absolute Gasteiger partial charge is 0.469 e. The third kappa shape index (κ3) is 2.78. The standard InChI is InChI=1S/C15H18NO6PS/c1-4-21-23(18,22-5-2)15(14(17)19-3)13(11(9-16)10-20-15)12-7-6-8-24-12/h6-8,10,13H,4-5H2,1-3H3. The molecule has 0 N–H and O–H groups in total. The highest BCUT2D eigenvalue weighted by molar-refractivity contribution is 7.56. The van der Waals surface area contributed by atoms with Crippen LogP contribution in [0.5, 0.6) is 0 Å². The molecule has 2 unspecified atom stereocenters. The molecular weight excluding hydrogens is 353 g/mol. The minimum atomic E-state index is -4.11. The molecular formula is C15H18NO6PS. The van der Waals surface area contributed by atoms with Gasteiger partial charge in [-0.1, -0.05) is 6.07 Å². The summed E-state index contributed by atoms with van der Waals surface area (Å²) in [5.41, 5.74) is 0.155. The van der Waals surface area contributed by atoms with Crippen molar-refractivity contribution in [1.82, 2.24) is 0 Å². The number of nitrogens with zero attached hydrogens (tertiary/aromatic N) is 1. The van der Waals surface area contributed by atoms with Crippen LogP contribution in [0, 0.1) is 11.3 Å². The van der Waals surface area contributed by atoms with Crippen LogP contribution in [0.15, 0.2) is 29.3 Å². The highest BCUT2D eigenvalue weighted by atomic mass is 32.1. The van der Waals surface area contributed by atoms with E-state index in [2.05, 4.69) is 0 Å². The molecule has 1 aromatic heterocycles. The Kier molecular flexibility index (Phi) is 5.83. The van der Waals surface area contributed by atoms with Gasteiger partial charge < -0.3 is 18.5 Å². The van der Waals surface area contributed by atoms with Gasteiger partial charge in [0, 0.05) is 4.88 Å². The highest BCUT2D eigenvalue weighted by Crippen LogP contribution is 2.69. The Morgan fingerprint density at radius 1 is 1.46 bits per heavy atom. The van der Waals surface area contributed by atoms with Crippen molar-refractivity contribution in [3.63, 3.8) is 0 Å². The van der Waals surface area contributed by atoms with Gasteiger partial charge in [-0.15, -0.1) is 11.3 Å². The van der Waals surface area contributed by atoms with Crippen LogP contribution < -0.4 is 0 Å². The zero-order valence-electron chi connectivity index (χ0n) is 13.6. The lowest BCUT2D eigenvalue weighted by Gasteiger charge is -2.36. The van der Waals surface area contributed by atoms with E-state index in [4.69, 9.17) is 18.5 Å². The quantitative estimate of drug-likeness (QED) is 0.535. The van der Waals surface area contributed by atoms with Crippen molar-refractivity contribution >= 4 is 24.9 Å². The molecule has 130 valence electrons. The number of rotatable bonds is 7. The molecule has 0 saturated heterocycles. The van der Waals surface area contributed by atoms with Crippen LogP contribution in [0.1, 0.15) is 24.6 Å². The molecule has 7 nitrogen and oxygen atoms in total. The van der Waals surface area contributed by atoms with Crippen molar-refractivity contribution in [1.29, 1.82) is 5.26 Å². The van der Waals surface area contributed by atoms with Crippen LogP contribution in [-0.4, -0.2) is 31.6 Å². The molecule has 0 bridgehead atoms. The molecule has 0 aromatic carbocycles. The number of nitriles is 1. The molecule has 24 heavy (non-hydrogen) atoms. The van der Waals surface area contributed by atoms with Gasteiger partial charge in [-0.3, -0.25) is 4.57 Å². The van der Waals surface area contributed by atoms with Crippen LogP contribution in [0.4, 0.5) is 0 Å². The first-order valence-electron chi connectivity index (χ1n) is 7.29. The van der Waals surface area contributed by atoms with Crippen LogP contribution in [0.25, 0.3) is 0 Å². The number of hydrogen-bond donors (Lipinski definition) is 0. The highest BCUT2D eigenvalue weighted by Gasteiger charge is 2.69. The summed E-state index contributed by atoms with van der Waals surface area (Å²) in [6, 6.07) is 5.49. The van der Waals surface area contributed by atoms with Gasteiger partial charge >= 0.3 is 18.9 Å². The fraction of sp³-hybridized carbons (Fsp3) is 0.467. The van der Waals surface area contributed by atoms with Crippen molar-refractivity contribution < 1.29 is 27.9 Å². The molecule has 0 radical (unpaired) electrons. The predicted molar refractivity (Wildman–Crippen MR) is 87.4 cm³/mol. The zero-order valence-corrected chi connectivity index (χ0v) is 15.3. The van der Waals surface area contributed by atoms with E-state index >= 15 is 0 Å². The molecule has 0 fully saturated rings. The van der Waals surface area contributed by atoms with E-state index < -0.39 is 24.8 Å². The second kappa shape index (κ2) is 7.49. The first kappa shape index (κ1) is 18.7.